The van der Waals surface area contributed by atoms with Crippen LogP contribution in [0.15, 0.2) is 29.2 Å². The van der Waals surface area contributed by atoms with E-state index in [0.717, 1.165) is 6.07 Å². The van der Waals surface area contributed by atoms with Crippen molar-refractivity contribution in [3.05, 3.63) is 29.8 Å². The highest BCUT2D eigenvalue weighted by molar-refractivity contribution is 7.85. The van der Waals surface area contributed by atoms with E-state index in [1.54, 1.807) is 6.07 Å². The van der Waals surface area contributed by atoms with Gasteiger partial charge in [-0.3, -0.25) is 4.55 Å². The maximum atomic E-state index is 11.0. The Labute approximate surface area is 98.5 Å². The Hall–Kier alpha value is -1.46. The molecule has 7 heteroatoms. The minimum Gasteiger partial charge on any atom is -0.389 e. The number of hydrogen-bond donors (Lipinski definition) is 3. The molecule has 17 heavy (non-hydrogen) atoms. The number of rotatable bonds is 4. The van der Waals surface area contributed by atoms with E-state index in [2.05, 4.69) is 0 Å². The zero-order chi connectivity index (χ0) is 13.1. The van der Waals surface area contributed by atoms with E-state index in [0.29, 0.717) is 0 Å². The lowest BCUT2D eigenvalue weighted by Gasteiger charge is -2.17. The van der Waals surface area contributed by atoms with Crippen molar-refractivity contribution in [2.75, 3.05) is 0 Å². The van der Waals surface area contributed by atoms with E-state index in [1.165, 1.54) is 18.2 Å². The molecule has 1 aromatic carbocycles. The molecule has 1 aromatic rings. The molecule has 92 valence electrons. The molecule has 0 spiro atoms. The number of nitrogens with zero attached hydrogens (tertiary/aromatic N) is 1. The fourth-order valence-electron chi connectivity index (χ4n) is 1.37. The summed E-state index contributed by atoms with van der Waals surface area (Å²) in [6, 6.07) is 6.84. The average Bonchev–Trinajstić information content (AvgIpc) is 2.27. The van der Waals surface area contributed by atoms with E-state index in [4.69, 9.17) is 9.81 Å². The quantitative estimate of drug-likeness (QED) is 0.665. The monoisotopic (exact) mass is 257 g/mol. The zero-order valence-electron chi connectivity index (χ0n) is 8.68. The summed E-state index contributed by atoms with van der Waals surface area (Å²) in [4.78, 5) is -0.482. The highest BCUT2D eigenvalue weighted by Gasteiger charge is 2.25. The molecule has 3 N–H and O–H groups in total. The largest absolute Gasteiger partial charge is 0.389 e. The molecular formula is C10H11NO5S. The van der Waals surface area contributed by atoms with Gasteiger partial charge in [0.1, 0.15) is 6.10 Å². The third kappa shape index (κ3) is 3.25. The highest BCUT2D eigenvalue weighted by Crippen LogP contribution is 2.25. The van der Waals surface area contributed by atoms with Gasteiger partial charge in [0.05, 0.1) is 23.5 Å². The summed E-state index contributed by atoms with van der Waals surface area (Å²) < 4.78 is 31.0. The highest BCUT2D eigenvalue weighted by atomic mass is 32.2. The van der Waals surface area contributed by atoms with Gasteiger partial charge in [0, 0.05) is 5.56 Å². The van der Waals surface area contributed by atoms with E-state index in [-0.39, 0.29) is 12.0 Å². The second kappa shape index (κ2) is 5.25. The van der Waals surface area contributed by atoms with Crippen LogP contribution in [-0.2, 0) is 10.1 Å². The third-order valence-corrected chi connectivity index (χ3v) is 3.11. The van der Waals surface area contributed by atoms with Crippen molar-refractivity contribution in [3.63, 3.8) is 0 Å². The lowest BCUT2D eigenvalue weighted by molar-refractivity contribution is 0.0199. The summed E-state index contributed by atoms with van der Waals surface area (Å²) >= 11 is 0. The van der Waals surface area contributed by atoms with E-state index in [1.807, 2.05) is 0 Å². The molecule has 2 atom stereocenters. The number of benzene rings is 1. The minimum absolute atomic E-state index is 0.141. The molecule has 2 unspecified atom stereocenters. The fourth-order valence-corrected chi connectivity index (χ4v) is 2.11. The smallest absolute Gasteiger partial charge is 0.294 e. The first-order valence-corrected chi connectivity index (χ1v) is 6.11. The molecule has 0 aliphatic heterocycles. The Bertz CT molecular complexity index is 534. The Kier molecular flexibility index (Phi) is 4.20. The molecule has 0 aliphatic carbocycles. The molecule has 0 heterocycles. The van der Waals surface area contributed by atoms with Crippen molar-refractivity contribution >= 4 is 10.1 Å². The molecule has 0 saturated carbocycles. The third-order valence-electron chi connectivity index (χ3n) is 2.18. The van der Waals surface area contributed by atoms with Gasteiger partial charge in [0.25, 0.3) is 10.1 Å². The molecule has 0 aromatic heterocycles. The topological polar surface area (TPSA) is 119 Å². The standard InChI is InChI=1S/C10H11NO5S/c11-6-5-8(12)10(13)7-3-1-2-4-9(7)17(14,15)16/h1-4,8,10,12-13H,5H2,(H,14,15,16). The van der Waals surface area contributed by atoms with Crippen molar-refractivity contribution in [1.82, 2.24) is 0 Å². The summed E-state index contributed by atoms with van der Waals surface area (Å²) in [5, 5.41) is 27.5. The summed E-state index contributed by atoms with van der Waals surface area (Å²) in [7, 11) is -4.48. The first-order valence-electron chi connectivity index (χ1n) is 4.67. The van der Waals surface area contributed by atoms with Gasteiger partial charge in [0.15, 0.2) is 0 Å². The molecule has 0 saturated heterocycles. The summed E-state index contributed by atoms with van der Waals surface area (Å²) in [5.74, 6) is 0. The van der Waals surface area contributed by atoms with Crippen LogP contribution in [0.5, 0.6) is 0 Å². The average molecular weight is 257 g/mol. The van der Waals surface area contributed by atoms with Crippen molar-refractivity contribution < 1.29 is 23.2 Å². The first kappa shape index (κ1) is 13.6. The predicted octanol–water partition coefficient (Wildman–Crippen LogP) is 0.241. The molecule has 0 radical (unpaired) electrons. The number of nitriles is 1. The van der Waals surface area contributed by atoms with Crippen molar-refractivity contribution in [1.29, 1.82) is 5.26 Å². The SMILES string of the molecule is N#CCC(O)C(O)c1ccccc1S(=O)(=O)O. The van der Waals surface area contributed by atoms with Crippen LogP contribution in [0.2, 0.25) is 0 Å². The maximum Gasteiger partial charge on any atom is 0.294 e. The summed E-state index contributed by atoms with van der Waals surface area (Å²) in [5.41, 5.74) is -0.141. The minimum atomic E-state index is -4.48. The fraction of sp³-hybridized carbons (Fsp3) is 0.300. The molecule has 1 rings (SSSR count). The van der Waals surface area contributed by atoms with Crippen LogP contribution in [0.3, 0.4) is 0 Å². The van der Waals surface area contributed by atoms with Crippen molar-refractivity contribution in [3.8, 4) is 6.07 Å². The molecular weight excluding hydrogens is 246 g/mol. The van der Waals surface area contributed by atoms with E-state index >= 15 is 0 Å². The van der Waals surface area contributed by atoms with Gasteiger partial charge in [-0.25, -0.2) is 0 Å². The van der Waals surface area contributed by atoms with E-state index < -0.39 is 27.2 Å². The van der Waals surface area contributed by atoms with Gasteiger partial charge in [-0.05, 0) is 6.07 Å². The molecule has 0 aliphatic rings. The normalized spacial score (nSPS) is 14.9. The second-order valence-corrected chi connectivity index (χ2v) is 4.78. The number of hydrogen-bond acceptors (Lipinski definition) is 5. The van der Waals surface area contributed by atoms with Crippen LogP contribution in [0, 0.1) is 11.3 Å². The van der Waals surface area contributed by atoms with Crippen LogP contribution in [0.1, 0.15) is 18.1 Å². The van der Waals surface area contributed by atoms with Gasteiger partial charge in [0.2, 0.25) is 0 Å². The van der Waals surface area contributed by atoms with E-state index in [9.17, 15) is 18.6 Å². The van der Waals surface area contributed by atoms with Gasteiger partial charge >= 0.3 is 0 Å². The zero-order valence-corrected chi connectivity index (χ0v) is 9.50. The maximum absolute atomic E-state index is 11.0. The molecule has 6 nitrogen and oxygen atoms in total. The lowest BCUT2D eigenvalue weighted by atomic mass is 10.0. The number of aliphatic hydroxyl groups excluding tert-OH is 2. The summed E-state index contributed by atoms with van der Waals surface area (Å²) in [6.45, 7) is 0. The molecule has 0 fully saturated rings. The van der Waals surface area contributed by atoms with Gasteiger partial charge in [-0.1, -0.05) is 18.2 Å². The Balaban J connectivity index is 3.19. The Morgan fingerprint density at radius 1 is 1.29 bits per heavy atom. The second-order valence-electron chi connectivity index (χ2n) is 3.39. The molecule has 0 amide bonds. The Morgan fingerprint density at radius 3 is 2.41 bits per heavy atom. The first-order chi connectivity index (χ1) is 7.88. The van der Waals surface area contributed by atoms with Gasteiger partial charge in [-0.15, -0.1) is 0 Å². The van der Waals surface area contributed by atoms with Crippen molar-refractivity contribution in [2.45, 2.75) is 23.5 Å². The lowest BCUT2D eigenvalue weighted by Crippen LogP contribution is -2.19. The van der Waals surface area contributed by atoms with Crippen LogP contribution in [0.4, 0.5) is 0 Å². The number of aliphatic hydroxyl groups is 2. The molecule has 0 bridgehead atoms. The summed E-state index contributed by atoms with van der Waals surface area (Å²) in [6.07, 6.45) is -3.31. The Morgan fingerprint density at radius 2 is 1.88 bits per heavy atom. The van der Waals surface area contributed by atoms with Gasteiger partial charge < -0.3 is 10.2 Å². The van der Waals surface area contributed by atoms with Crippen LogP contribution >= 0.6 is 0 Å². The predicted molar refractivity (Wildman–Crippen MR) is 57.5 cm³/mol. The van der Waals surface area contributed by atoms with Crippen LogP contribution in [-0.4, -0.2) is 29.3 Å². The van der Waals surface area contributed by atoms with Gasteiger partial charge in [-0.2, -0.15) is 13.7 Å². The van der Waals surface area contributed by atoms with Crippen molar-refractivity contribution in [2.24, 2.45) is 0 Å². The van der Waals surface area contributed by atoms with Crippen LogP contribution < -0.4 is 0 Å². The van der Waals surface area contributed by atoms with Crippen LogP contribution in [0.25, 0.3) is 0 Å².